The molecule has 0 atom stereocenters. The van der Waals surface area contributed by atoms with Gasteiger partial charge in [-0.1, -0.05) is 13.8 Å². The zero-order valence-corrected chi connectivity index (χ0v) is 13.3. The largest absolute Gasteiger partial charge is 0.451 e. The first-order valence-electron chi connectivity index (χ1n) is 6.44. The lowest BCUT2D eigenvalue weighted by Crippen LogP contribution is -2.05. The minimum Gasteiger partial charge on any atom is -0.451 e. The van der Waals surface area contributed by atoms with Gasteiger partial charge in [-0.15, -0.1) is 0 Å². The molecule has 0 aliphatic heterocycles. The fourth-order valence-corrected chi connectivity index (χ4v) is 2.31. The van der Waals surface area contributed by atoms with Crippen molar-refractivity contribution in [1.82, 2.24) is 15.0 Å². The second-order valence-corrected chi connectivity index (χ2v) is 7.03. The number of hydrogen-bond acceptors (Lipinski definition) is 8. The Morgan fingerprint density at radius 1 is 1.14 bits per heavy atom. The molecule has 8 nitrogen and oxygen atoms in total. The van der Waals surface area contributed by atoms with Crippen LogP contribution in [0.5, 0.6) is 11.5 Å². The number of pyridine rings is 1. The first kappa shape index (κ1) is 16.0. The second-order valence-electron chi connectivity index (χ2n) is 5.07. The molecule has 0 aliphatic rings. The summed E-state index contributed by atoms with van der Waals surface area (Å²) < 4.78 is 29.0. The van der Waals surface area contributed by atoms with Gasteiger partial charge in [0.25, 0.3) is 0 Å². The molecule has 0 saturated carbocycles. The van der Waals surface area contributed by atoms with Gasteiger partial charge in [0, 0.05) is 24.1 Å². The Hall–Kier alpha value is -2.42. The van der Waals surface area contributed by atoms with Crippen molar-refractivity contribution < 1.29 is 13.2 Å². The summed E-state index contributed by atoms with van der Waals surface area (Å²) >= 11 is 0. The van der Waals surface area contributed by atoms with Crippen LogP contribution in [0, 0.1) is 0 Å². The Morgan fingerprint density at radius 3 is 2.36 bits per heavy atom. The highest BCUT2D eigenvalue weighted by Crippen LogP contribution is 2.33. The van der Waals surface area contributed by atoms with Crippen molar-refractivity contribution in [1.29, 1.82) is 0 Å². The molecule has 0 radical (unpaired) electrons. The molecule has 0 unspecified atom stereocenters. The van der Waals surface area contributed by atoms with Crippen molar-refractivity contribution >= 4 is 21.6 Å². The number of rotatable bonds is 4. The lowest BCUT2D eigenvalue weighted by Gasteiger charge is -2.15. The Bertz CT molecular complexity index is 805. The summed E-state index contributed by atoms with van der Waals surface area (Å²) in [5, 5.41) is -0.0816. The quantitative estimate of drug-likeness (QED) is 0.861. The van der Waals surface area contributed by atoms with Gasteiger partial charge in [-0.3, -0.25) is 0 Å². The molecule has 0 aromatic carbocycles. The van der Waals surface area contributed by atoms with Gasteiger partial charge in [-0.2, -0.15) is 4.98 Å². The van der Waals surface area contributed by atoms with Crippen molar-refractivity contribution in [3.05, 3.63) is 24.0 Å². The van der Waals surface area contributed by atoms with E-state index in [0.717, 1.165) is 11.8 Å². The maximum atomic E-state index is 11.6. The fraction of sp³-hybridized carbons (Fsp3) is 0.308. The van der Waals surface area contributed by atoms with Crippen LogP contribution in [0.25, 0.3) is 0 Å². The molecule has 0 fully saturated rings. The smallest absolute Gasteiger partial charge is 0.222 e. The Morgan fingerprint density at radius 2 is 1.82 bits per heavy atom. The predicted octanol–water partition coefficient (Wildman–Crippen LogP) is 1.36. The van der Waals surface area contributed by atoms with E-state index in [2.05, 4.69) is 15.0 Å². The van der Waals surface area contributed by atoms with Crippen molar-refractivity contribution in [3.63, 3.8) is 0 Å². The van der Waals surface area contributed by atoms with Crippen LogP contribution in [0.4, 0.5) is 11.8 Å². The van der Waals surface area contributed by atoms with Crippen LogP contribution in [0.15, 0.2) is 23.5 Å². The minimum atomic E-state index is -3.45. The highest BCUT2D eigenvalue weighted by Gasteiger charge is 2.17. The minimum absolute atomic E-state index is 0.0282. The van der Waals surface area contributed by atoms with Crippen molar-refractivity contribution in [2.75, 3.05) is 17.7 Å². The molecule has 2 aromatic heterocycles. The zero-order valence-electron chi connectivity index (χ0n) is 12.4. The van der Waals surface area contributed by atoms with Gasteiger partial charge < -0.3 is 16.2 Å². The number of anilines is 2. The third-order valence-electron chi connectivity index (χ3n) is 2.89. The van der Waals surface area contributed by atoms with Crippen LogP contribution in [0.2, 0.25) is 0 Å². The summed E-state index contributed by atoms with van der Waals surface area (Å²) in [6.07, 6.45) is 3.89. The van der Waals surface area contributed by atoms with Gasteiger partial charge >= 0.3 is 0 Å². The van der Waals surface area contributed by atoms with Crippen LogP contribution in [-0.4, -0.2) is 29.6 Å². The molecule has 9 heteroatoms. The van der Waals surface area contributed by atoms with E-state index in [4.69, 9.17) is 16.2 Å². The van der Waals surface area contributed by atoms with E-state index in [9.17, 15) is 8.42 Å². The van der Waals surface area contributed by atoms with Gasteiger partial charge in [-0.25, -0.2) is 18.4 Å². The van der Waals surface area contributed by atoms with Crippen LogP contribution in [0.1, 0.15) is 25.3 Å². The first-order valence-corrected chi connectivity index (χ1v) is 8.33. The average molecular weight is 323 g/mol. The molecule has 0 spiro atoms. The van der Waals surface area contributed by atoms with E-state index in [0.29, 0.717) is 5.75 Å². The van der Waals surface area contributed by atoms with Gasteiger partial charge in [0.1, 0.15) is 5.75 Å². The molecule has 0 bridgehead atoms. The molecule has 0 amide bonds. The van der Waals surface area contributed by atoms with Gasteiger partial charge in [0.2, 0.25) is 5.95 Å². The fourth-order valence-electron chi connectivity index (χ4n) is 1.75. The third-order valence-corrected chi connectivity index (χ3v) is 3.88. The molecular weight excluding hydrogens is 306 g/mol. The van der Waals surface area contributed by atoms with Crippen LogP contribution in [-0.2, 0) is 9.84 Å². The van der Waals surface area contributed by atoms with Crippen LogP contribution < -0.4 is 16.2 Å². The summed E-state index contributed by atoms with van der Waals surface area (Å²) in [7, 11) is -3.45. The number of nitrogens with two attached hydrogens (primary N) is 2. The monoisotopic (exact) mass is 323 g/mol. The average Bonchev–Trinajstić information content (AvgIpc) is 2.40. The highest BCUT2D eigenvalue weighted by atomic mass is 32.2. The summed E-state index contributed by atoms with van der Waals surface area (Å²) in [4.78, 5) is 11.6. The van der Waals surface area contributed by atoms with Crippen molar-refractivity contribution in [3.8, 4) is 11.5 Å². The lowest BCUT2D eigenvalue weighted by atomic mass is 10.1. The molecular formula is C13H17N5O3S. The van der Waals surface area contributed by atoms with Crippen LogP contribution >= 0.6 is 0 Å². The summed E-state index contributed by atoms with van der Waals surface area (Å²) in [6, 6.07) is 1.36. The molecule has 118 valence electrons. The Balaban J connectivity index is 2.51. The molecule has 0 saturated heterocycles. The number of aromatic nitrogens is 3. The highest BCUT2D eigenvalue weighted by molar-refractivity contribution is 7.90. The molecule has 2 aromatic rings. The second kappa shape index (κ2) is 5.76. The topological polar surface area (TPSA) is 134 Å². The van der Waals surface area contributed by atoms with Crippen molar-refractivity contribution in [2.45, 2.75) is 24.8 Å². The SMILES string of the molecule is CC(C)c1cnc(S(C)(=O)=O)cc1Oc1cnc(N)nc1N. The van der Waals surface area contributed by atoms with E-state index in [-0.39, 0.29) is 28.5 Å². The summed E-state index contributed by atoms with van der Waals surface area (Å²) in [5.41, 5.74) is 11.9. The van der Waals surface area contributed by atoms with Gasteiger partial charge in [0.05, 0.1) is 6.20 Å². The normalized spacial score (nSPS) is 11.6. The predicted molar refractivity (Wildman–Crippen MR) is 82.4 cm³/mol. The number of nitrogens with zero attached hydrogens (tertiary/aromatic N) is 3. The maximum absolute atomic E-state index is 11.6. The molecule has 2 rings (SSSR count). The number of ether oxygens (including phenoxy) is 1. The first-order chi connectivity index (χ1) is 10.2. The van der Waals surface area contributed by atoms with E-state index in [1.165, 1.54) is 18.5 Å². The lowest BCUT2D eigenvalue weighted by molar-refractivity contribution is 0.467. The maximum Gasteiger partial charge on any atom is 0.222 e. The number of sulfone groups is 1. The van der Waals surface area contributed by atoms with E-state index in [1.54, 1.807) is 0 Å². The standard InChI is InChI=1S/C13H17N5O3S/c1-7(2)8-5-16-11(22(3,19)20)4-9(8)21-10-6-17-13(15)18-12(10)14/h4-7H,1-3H3,(H4,14,15,17,18). The van der Waals surface area contributed by atoms with E-state index in [1.807, 2.05) is 13.8 Å². The third kappa shape index (κ3) is 3.42. The van der Waals surface area contributed by atoms with Crippen LogP contribution in [0.3, 0.4) is 0 Å². The Labute approximate surface area is 128 Å². The molecule has 4 N–H and O–H groups in total. The molecule has 0 aliphatic carbocycles. The molecule has 22 heavy (non-hydrogen) atoms. The summed E-state index contributed by atoms with van der Waals surface area (Å²) in [5.74, 6) is 0.708. The summed E-state index contributed by atoms with van der Waals surface area (Å²) in [6.45, 7) is 3.87. The molecule has 2 heterocycles. The zero-order chi connectivity index (χ0) is 16.5. The van der Waals surface area contributed by atoms with E-state index >= 15 is 0 Å². The van der Waals surface area contributed by atoms with E-state index < -0.39 is 9.84 Å². The van der Waals surface area contributed by atoms with Gasteiger partial charge in [0.15, 0.2) is 26.4 Å². The van der Waals surface area contributed by atoms with Gasteiger partial charge in [-0.05, 0) is 5.92 Å². The number of hydrogen-bond donors (Lipinski definition) is 2. The number of nitrogen functional groups attached to an aromatic ring is 2. The Kier molecular flexibility index (Phi) is 4.18. The van der Waals surface area contributed by atoms with Crippen molar-refractivity contribution in [2.24, 2.45) is 0 Å².